The first-order valence-corrected chi connectivity index (χ1v) is 4.69. The Morgan fingerprint density at radius 2 is 2.40 bits per heavy atom. The number of rotatable bonds is 3. The molecule has 3 nitrogen and oxygen atoms in total. The molecule has 0 fully saturated rings. The van der Waals surface area contributed by atoms with Crippen molar-refractivity contribution in [2.75, 3.05) is 13.7 Å². The summed E-state index contributed by atoms with van der Waals surface area (Å²) < 4.78 is 5.88. The minimum atomic E-state index is 0.727. The predicted octanol–water partition coefficient (Wildman–Crippen LogP) is 1.33. The third-order valence-electron chi connectivity index (χ3n) is 0.962. The van der Waals surface area contributed by atoms with Gasteiger partial charge in [-0.2, -0.15) is 0 Å². The van der Waals surface area contributed by atoms with Crippen molar-refractivity contribution in [3.63, 3.8) is 0 Å². The summed E-state index contributed by atoms with van der Waals surface area (Å²) >= 11 is 3.77. The second-order valence-corrected chi connectivity index (χ2v) is 4.51. The molecule has 0 aromatic carbocycles. The van der Waals surface area contributed by atoms with Crippen molar-refractivity contribution in [2.24, 2.45) is 0 Å². The molecule has 0 bridgehead atoms. The van der Waals surface area contributed by atoms with E-state index in [2.05, 4.69) is 32.8 Å². The molecule has 0 saturated carbocycles. The highest BCUT2D eigenvalue weighted by Crippen LogP contribution is 2.11. The van der Waals surface area contributed by atoms with Gasteiger partial charge in [0.15, 0.2) is 3.01 Å². The largest absolute Gasteiger partial charge is 0.384 e. The first-order valence-electron chi connectivity index (χ1n) is 2.79. The van der Waals surface area contributed by atoms with E-state index in [0.717, 1.165) is 21.0 Å². The van der Waals surface area contributed by atoms with Crippen LogP contribution in [-0.2, 0) is 11.2 Å². The Bertz CT molecular complexity index is 203. The fourth-order valence-corrected chi connectivity index (χ4v) is 1.94. The lowest BCUT2D eigenvalue weighted by Gasteiger charge is -1.90. The third kappa shape index (κ3) is 2.47. The molecule has 0 unspecified atom stereocenters. The zero-order chi connectivity index (χ0) is 7.40. The topological polar surface area (TPSA) is 35.0 Å². The Morgan fingerprint density at radius 3 is 2.90 bits per heavy atom. The van der Waals surface area contributed by atoms with E-state index in [9.17, 15) is 0 Å². The average molecular weight is 270 g/mol. The van der Waals surface area contributed by atoms with Crippen LogP contribution in [0, 0.1) is 3.01 Å². The second kappa shape index (κ2) is 4.20. The molecule has 0 aliphatic carbocycles. The van der Waals surface area contributed by atoms with Gasteiger partial charge in [0.2, 0.25) is 0 Å². The molecule has 1 rings (SSSR count). The highest BCUT2D eigenvalue weighted by Gasteiger charge is 1.98. The first kappa shape index (κ1) is 8.35. The van der Waals surface area contributed by atoms with Crippen LogP contribution >= 0.6 is 33.9 Å². The van der Waals surface area contributed by atoms with Gasteiger partial charge in [-0.25, -0.2) is 0 Å². The third-order valence-corrected chi connectivity index (χ3v) is 2.61. The summed E-state index contributed by atoms with van der Waals surface area (Å²) in [5, 5.41) is 8.85. The van der Waals surface area contributed by atoms with E-state index in [-0.39, 0.29) is 0 Å². The molecule has 0 N–H and O–H groups in total. The number of halogens is 1. The number of nitrogens with zero attached hydrogens (tertiary/aromatic N) is 2. The van der Waals surface area contributed by atoms with E-state index in [4.69, 9.17) is 4.74 Å². The lowest BCUT2D eigenvalue weighted by Crippen LogP contribution is -1.92. The van der Waals surface area contributed by atoms with Gasteiger partial charge >= 0.3 is 0 Å². The summed E-state index contributed by atoms with van der Waals surface area (Å²) in [6, 6.07) is 0. The molecule has 0 saturated heterocycles. The molecule has 1 heterocycles. The Hall–Kier alpha value is 0.250. The van der Waals surface area contributed by atoms with E-state index in [0.29, 0.717) is 0 Å². The maximum absolute atomic E-state index is 4.89. The number of hydrogen-bond donors (Lipinski definition) is 0. The molecule has 56 valence electrons. The standard InChI is InChI=1S/C5H7IN2OS/c1-9-3-2-4-7-8-5(6)10-4/h2-3H2,1H3. The highest BCUT2D eigenvalue weighted by atomic mass is 127. The van der Waals surface area contributed by atoms with Gasteiger partial charge in [-0.15, -0.1) is 10.2 Å². The smallest absolute Gasteiger partial charge is 0.178 e. The van der Waals surface area contributed by atoms with Crippen molar-refractivity contribution in [2.45, 2.75) is 6.42 Å². The van der Waals surface area contributed by atoms with Crippen LogP contribution in [0.4, 0.5) is 0 Å². The molecule has 5 heteroatoms. The van der Waals surface area contributed by atoms with Crippen molar-refractivity contribution < 1.29 is 4.74 Å². The van der Waals surface area contributed by atoms with Crippen molar-refractivity contribution in [3.8, 4) is 0 Å². The van der Waals surface area contributed by atoms with E-state index < -0.39 is 0 Å². The Morgan fingerprint density at radius 1 is 1.60 bits per heavy atom. The second-order valence-electron chi connectivity index (χ2n) is 1.69. The average Bonchev–Trinajstić information content (AvgIpc) is 2.31. The summed E-state index contributed by atoms with van der Waals surface area (Å²) in [6.45, 7) is 0.727. The first-order chi connectivity index (χ1) is 4.83. The molecule has 0 aliphatic rings. The zero-order valence-electron chi connectivity index (χ0n) is 5.50. The van der Waals surface area contributed by atoms with Crippen molar-refractivity contribution in [1.29, 1.82) is 0 Å². The molecule has 0 atom stereocenters. The lowest BCUT2D eigenvalue weighted by molar-refractivity contribution is 0.202. The van der Waals surface area contributed by atoms with Crippen LogP contribution in [-0.4, -0.2) is 23.9 Å². The number of hydrogen-bond acceptors (Lipinski definition) is 4. The summed E-state index contributed by atoms with van der Waals surface area (Å²) in [5.41, 5.74) is 0. The molecule has 0 aliphatic heterocycles. The van der Waals surface area contributed by atoms with Crippen LogP contribution in [0.3, 0.4) is 0 Å². The van der Waals surface area contributed by atoms with E-state index in [1.54, 1.807) is 18.4 Å². The van der Waals surface area contributed by atoms with Gasteiger partial charge in [-0.3, -0.25) is 0 Å². The zero-order valence-corrected chi connectivity index (χ0v) is 8.48. The number of ether oxygens (including phenoxy) is 1. The van der Waals surface area contributed by atoms with Gasteiger partial charge in [0.25, 0.3) is 0 Å². The van der Waals surface area contributed by atoms with Crippen molar-refractivity contribution in [1.82, 2.24) is 10.2 Å². The van der Waals surface area contributed by atoms with Crippen LogP contribution in [0.5, 0.6) is 0 Å². The van der Waals surface area contributed by atoms with Crippen LogP contribution in [0.2, 0.25) is 0 Å². The van der Waals surface area contributed by atoms with Crippen LogP contribution in [0.1, 0.15) is 5.01 Å². The van der Waals surface area contributed by atoms with Crippen molar-refractivity contribution >= 4 is 33.9 Å². The van der Waals surface area contributed by atoms with Gasteiger partial charge in [-0.05, 0) is 22.6 Å². The normalized spacial score (nSPS) is 10.2. The minimum absolute atomic E-state index is 0.727. The van der Waals surface area contributed by atoms with Gasteiger partial charge < -0.3 is 4.74 Å². The maximum atomic E-state index is 4.89. The molecule has 1 aromatic heterocycles. The van der Waals surface area contributed by atoms with Crippen LogP contribution in [0.15, 0.2) is 0 Å². The van der Waals surface area contributed by atoms with E-state index in [1.165, 1.54) is 0 Å². The fourth-order valence-electron chi connectivity index (χ4n) is 0.524. The fraction of sp³-hybridized carbons (Fsp3) is 0.600. The molecule has 0 radical (unpaired) electrons. The quantitative estimate of drug-likeness (QED) is 0.777. The molecule has 0 amide bonds. The Labute approximate surface area is 76.9 Å². The monoisotopic (exact) mass is 270 g/mol. The van der Waals surface area contributed by atoms with Crippen LogP contribution < -0.4 is 0 Å². The molecule has 0 spiro atoms. The molecule has 10 heavy (non-hydrogen) atoms. The number of aromatic nitrogens is 2. The summed E-state index contributed by atoms with van der Waals surface area (Å²) in [7, 11) is 1.69. The molecular weight excluding hydrogens is 263 g/mol. The van der Waals surface area contributed by atoms with E-state index in [1.807, 2.05) is 0 Å². The van der Waals surface area contributed by atoms with Gasteiger partial charge in [-0.1, -0.05) is 11.3 Å². The van der Waals surface area contributed by atoms with Crippen molar-refractivity contribution in [3.05, 3.63) is 8.02 Å². The maximum Gasteiger partial charge on any atom is 0.178 e. The summed E-state index contributed by atoms with van der Waals surface area (Å²) in [6.07, 6.45) is 0.872. The minimum Gasteiger partial charge on any atom is -0.384 e. The van der Waals surface area contributed by atoms with Gasteiger partial charge in [0.05, 0.1) is 6.61 Å². The SMILES string of the molecule is COCCc1nnc(I)s1. The number of methoxy groups -OCH3 is 1. The highest BCUT2D eigenvalue weighted by molar-refractivity contribution is 14.1. The molecular formula is C5H7IN2OS. The van der Waals surface area contributed by atoms with E-state index >= 15 is 0 Å². The molecule has 1 aromatic rings. The van der Waals surface area contributed by atoms with Gasteiger partial charge in [0.1, 0.15) is 5.01 Å². The van der Waals surface area contributed by atoms with Gasteiger partial charge in [0, 0.05) is 13.5 Å². The van der Waals surface area contributed by atoms with Crippen LogP contribution in [0.25, 0.3) is 0 Å². The Kier molecular flexibility index (Phi) is 3.50. The summed E-state index contributed by atoms with van der Waals surface area (Å²) in [4.78, 5) is 0. The lowest BCUT2D eigenvalue weighted by atomic mass is 10.5. The predicted molar refractivity (Wildman–Crippen MR) is 48.2 cm³/mol. The Balaban J connectivity index is 2.42. The summed E-state index contributed by atoms with van der Waals surface area (Å²) in [5.74, 6) is 0.